The monoisotopic (exact) mass is 301 g/mol. The van der Waals surface area contributed by atoms with Gasteiger partial charge in [0.05, 0.1) is 0 Å². The number of likely N-dealkylation sites (N-methyl/N-ethyl adjacent to an activating group) is 1. The number of nitrogens with zero attached hydrogens (tertiary/aromatic N) is 1. The number of nitrogens with one attached hydrogen (secondary N) is 2. The van der Waals surface area contributed by atoms with Gasteiger partial charge >= 0.3 is 0 Å². The molecule has 2 fully saturated rings. The molecule has 2 N–H and O–H groups in total. The molecule has 0 aromatic heterocycles. The summed E-state index contributed by atoms with van der Waals surface area (Å²) in [5.41, 5.74) is 1.51. The van der Waals surface area contributed by atoms with Crippen LogP contribution in [0.4, 0.5) is 5.69 Å². The molecule has 4 nitrogen and oxygen atoms in total. The van der Waals surface area contributed by atoms with E-state index in [1.807, 2.05) is 18.2 Å². The van der Waals surface area contributed by atoms with Gasteiger partial charge < -0.3 is 15.5 Å². The van der Waals surface area contributed by atoms with E-state index in [0.29, 0.717) is 12.0 Å². The molecule has 2 atom stereocenters. The van der Waals surface area contributed by atoms with E-state index in [0.717, 1.165) is 32.4 Å². The number of rotatable bonds is 5. The average molecular weight is 301 g/mol. The van der Waals surface area contributed by atoms with Gasteiger partial charge in [-0.25, -0.2) is 0 Å². The van der Waals surface area contributed by atoms with E-state index in [9.17, 15) is 4.79 Å². The topological polar surface area (TPSA) is 44.4 Å². The molecule has 0 bridgehead atoms. The number of benzene rings is 1. The van der Waals surface area contributed by atoms with Gasteiger partial charge in [0.1, 0.15) is 0 Å². The van der Waals surface area contributed by atoms with Gasteiger partial charge in [-0.05, 0) is 56.8 Å². The largest absolute Gasteiger partial charge is 0.370 e. The Kier molecular flexibility index (Phi) is 4.39. The first-order valence-corrected chi connectivity index (χ1v) is 8.39. The standard InChI is InChI=1S/C18H27N3O/c1-14(21(2)15-6-4-3-5-7-15)13-20-17(22)16-12-18(16)8-10-19-11-9-18/h3-7,14,16,19H,8-13H2,1-2H3,(H,20,22). The van der Waals surface area contributed by atoms with Crippen molar-refractivity contribution in [2.45, 2.75) is 32.2 Å². The quantitative estimate of drug-likeness (QED) is 0.874. The summed E-state index contributed by atoms with van der Waals surface area (Å²) >= 11 is 0. The van der Waals surface area contributed by atoms with Crippen LogP contribution in [0.1, 0.15) is 26.2 Å². The van der Waals surface area contributed by atoms with Gasteiger partial charge in [-0.3, -0.25) is 4.79 Å². The molecule has 2 unspecified atom stereocenters. The zero-order chi connectivity index (χ0) is 15.6. The molecule has 0 radical (unpaired) electrons. The summed E-state index contributed by atoms with van der Waals surface area (Å²) in [5.74, 6) is 0.513. The predicted molar refractivity (Wildman–Crippen MR) is 90.0 cm³/mol. The van der Waals surface area contributed by atoms with Crippen molar-refractivity contribution >= 4 is 11.6 Å². The number of hydrogen-bond donors (Lipinski definition) is 2. The van der Waals surface area contributed by atoms with Gasteiger partial charge in [-0.15, -0.1) is 0 Å². The highest BCUT2D eigenvalue weighted by Crippen LogP contribution is 2.58. The van der Waals surface area contributed by atoms with E-state index >= 15 is 0 Å². The summed E-state index contributed by atoms with van der Waals surface area (Å²) in [6, 6.07) is 10.6. The van der Waals surface area contributed by atoms with Crippen molar-refractivity contribution in [3.8, 4) is 0 Å². The minimum Gasteiger partial charge on any atom is -0.370 e. The van der Waals surface area contributed by atoms with E-state index in [4.69, 9.17) is 0 Å². The van der Waals surface area contributed by atoms with Crippen LogP contribution in [-0.4, -0.2) is 38.6 Å². The van der Waals surface area contributed by atoms with Crippen LogP contribution in [0.15, 0.2) is 30.3 Å². The van der Waals surface area contributed by atoms with Crippen molar-refractivity contribution in [2.75, 3.05) is 31.6 Å². The Labute approximate surface area is 133 Å². The Morgan fingerprint density at radius 3 is 2.73 bits per heavy atom. The zero-order valence-corrected chi connectivity index (χ0v) is 13.6. The molecule has 3 rings (SSSR count). The maximum absolute atomic E-state index is 12.4. The van der Waals surface area contributed by atoms with Crippen LogP contribution in [0.3, 0.4) is 0 Å². The van der Waals surface area contributed by atoms with Crippen LogP contribution in [0.25, 0.3) is 0 Å². The third-order valence-electron chi connectivity index (χ3n) is 5.50. The Morgan fingerprint density at radius 1 is 1.36 bits per heavy atom. The first kappa shape index (κ1) is 15.3. The number of anilines is 1. The fourth-order valence-corrected chi connectivity index (χ4v) is 3.62. The lowest BCUT2D eigenvalue weighted by Crippen LogP contribution is -2.41. The first-order valence-electron chi connectivity index (χ1n) is 8.39. The maximum Gasteiger partial charge on any atom is 0.223 e. The van der Waals surface area contributed by atoms with E-state index in [1.54, 1.807) is 0 Å². The number of carbonyl (C=O) groups excluding carboxylic acids is 1. The van der Waals surface area contributed by atoms with E-state index in [-0.39, 0.29) is 17.9 Å². The minimum absolute atomic E-state index is 0.254. The highest BCUT2D eigenvalue weighted by Gasteiger charge is 2.57. The zero-order valence-electron chi connectivity index (χ0n) is 13.6. The number of para-hydroxylation sites is 1. The molecule has 2 aliphatic rings. The summed E-state index contributed by atoms with van der Waals surface area (Å²) in [4.78, 5) is 14.6. The minimum atomic E-state index is 0.254. The molecule has 1 saturated carbocycles. The smallest absolute Gasteiger partial charge is 0.223 e. The van der Waals surface area contributed by atoms with Crippen molar-refractivity contribution < 1.29 is 4.79 Å². The fourth-order valence-electron chi connectivity index (χ4n) is 3.62. The van der Waals surface area contributed by atoms with Crippen molar-refractivity contribution in [2.24, 2.45) is 11.3 Å². The molecule has 1 aliphatic heterocycles. The summed E-state index contributed by atoms with van der Waals surface area (Å²) in [6.07, 6.45) is 3.40. The van der Waals surface area contributed by atoms with Gasteiger partial charge in [0, 0.05) is 31.2 Å². The second-order valence-electron chi connectivity index (χ2n) is 6.91. The van der Waals surface area contributed by atoms with Crippen molar-refractivity contribution in [1.82, 2.24) is 10.6 Å². The summed E-state index contributed by atoms with van der Waals surface area (Å²) < 4.78 is 0. The third-order valence-corrected chi connectivity index (χ3v) is 5.50. The second kappa shape index (κ2) is 6.29. The molecule has 1 amide bonds. The Balaban J connectivity index is 1.47. The molecular formula is C18H27N3O. The van der Waals surface area contributed by atoms with Crippen LogP contribution >= 0.6 is 0 Å². The summed E-state index contributed by atoms with van der Waals surface area (Å²) in [5, 5.41) is 6.55. The summed E-state index contributed by atoms with van der Waals surface area (Å²) in [7, 11) is 2.08. The molecular weight excluding hydrogens is 274 g/mol. The molecule has 1 heterocycles. The lowest BCUT2D eigenvalue weighted by atomic mass is 9.92. The number of amides is 1. The Hall–Kier alpha value is -1.55. The Bertz CT molecular complexity index is 510. The van der Waals surface area contributed by atoms with Crippen LogP contribution in [0.5, 0.6) is 0 Å². The summed E-state index contributed by atoms with van der Waals surface area (Å²) in [6.45, 7) is 4.99. The molecule has 4 heteroatoms. The molecule has 1 spiro atoms. The molecule has 1 saturated heterocycles. The highest BCUT2D eigenvalue weighted by molar-refractivity contribution is 5.82. The van der Waals surface area contributed by atoms with Crippen LogP contribution in [0.2, 0.25) is 0 Å². The van der Waals surface area contributed by atoms with Gasteiger partial charge in [0.25, 0.3) is 0 Å². The van der Waals surface area contributed by atoms with Crippen LogP contribution in [0, 0.1) is 11.3 Å². The van der Waals surface area contributed by atoms with Gasteiger partial charge in [-0.2, -0.15) is 0 Å². The van der Waals surface area contributed by atoms with E-state index < -0.39 is 0 Å². The third kappa shape index (κ3) is 3.12. The Morgan fingerprint density at radius 2 is 2.05 bits per heavy atom. The number of hydrogen-bond acceptors (Lipinski definition) is 3. The molecule has 1 aromatic rings. The van der Waals surface area contributed by atoms with Gasteiger partial charge in [-0.1, -0.05) is 18.2 Å². The maximum atomic E-state index is 12.4. The lowest BCUT2D eigenvalue weighted by molar-refractivity contribution is -0.123. The van der Waals surface area contributed by atoms with Crippen molar-refractivity contribution in [3.63, 3.8) is 0 Å². The molecule has 1 aromatic carbocycles. The SMILES string of the molecule is CC(CNC(=O)C1CC12CCNCC2)N(C)c1ccccc1. The fraction of sp³-hybridized carbons (Fsp3) is 0.611. The van der Waals surface area contributed by atoms with Crippen LogP contribution in [-0.2, 0) is 4.79 Å². The molecule has 1 aliphatic carbocycles. The van der Waals surface area contributed by atoms with E-state index in [2.05, 4.69) is 41.6 Å². The van der Waals surface area contributed by atoms with Gasteiger partial charge in [0.2, 0.25) is 5.91 Å². The number of carbonyl (C=O) groups is 1. The second-order valence-corrected chi connectivity index (χ2v) is 6.91. The first-order chi connectivity index (χ1) is 10.6. The van der Waals surface area contributed by atoms with Crippen molar-refractivity contribution in [3.05, 3.63) is 30.3 Å². The van der Waals surface area contributed by atoms with Crippen molar-refractivity contribution in [1.29, 1.82) is 0 Å². The lowest BCUT2D eigenvalue weighted by Gasteiger charge is -2.27. The molecule has 22 heavy (non-hydrogen) atoms. The number of piperidine rings is 1. The molecule has 120 valence electrons. The van der Waals surface area contributed by atoms with E-state index in [1.165, 1.54) is 5.69 Å². The predicted octanol–water partition coefficient (Wildman–Crippen LogP) is 2.02. The highest BCUT2D eigenvalue weighted by atomic mass is 16.2. The van der Waals surface area contributed by atoms with Crippen LogP contribution < -0.4 is 15.5 Å². The normalized spacial score (nSPS) is 23.8. The van der Waals surface area contributed by atoms with Gasteiger partial charge in [0.15, 0.2) is 0 Å². The average Bonchev–Trinajstić information content (AvgIpc) is 3.26.